The zero-order valence-corrected chi connectivity index (χ0v) is 22.2. The molecule has 2 amide bonds. The fourth-order valence-electron chi connectivity index (χ4n) is 4.59. The number of nitrogens with zero attached hydrogens (tertiary/aromatic N) is 6. The molecule has 0 unspecified atom stereocenters. The van der Waals surface area contributed by atoms with E-state index in [-0.39, 0.29) is 6.03 Å². The number of nitrogens with one attached hydrogen (secondary N) is 1. The van der Waals surface area contributed by atoms with Crippen molar-refractivity contribution in [1.29, 1.82) is 0 Å². The Morgan fingerprint density at radius 2 is 1.78 bits per heavy atom. The van der Waals surface area contributed by atoms with Crippen LogP contribution in [0.2, 0.25) is 0 Å². The zero-order chi connectivity index (χ0) is 25.1. The van der Waals surface area contributed by atoms with Crippen molar-refractivity contribution in [3.8, 4) is 5.69 Å². The van der Waals surface area contributed by atoms with Crippen molar-refractivity contribution < 1.29 is 4.79 Å². The van der Waals surface area contributed by atoms with Crippen LogP contribution in [-0.4, -0.2) is 56.9 Å². The van der Waals surface area contributed by atoms with E-state index in [9.17, 15) is 4.79 Å². The molecule has 1 aliphatic rings. The molecule has 1 N–H and O–H groups in total. The van der Waals surface area contributed by atoms with Gasteiger partial charge >= 0.3 is 6.03 Å². The first-order valence-electron chi connectivity index (χ1n) is 12.4. The lowest BCUT2D eigenvalue weighted by molar-refractivity contribution is 0.215. The molecule has 2 aromatic heterocycles. The maximum atomic E-state index is 13.0. The predicted molar refractivity (Wildman–Crippen MR) is 147 cm³/mol. The van der Waals surface area contributed by atoms with Crippen LogP contribution in [0.15, 0.2) is 59.1 Å². The number of hydrogen-bond donors (Lipinski definition) is 1. The van der Waals surface area contributed by atoms with Gasteiger partial charge in [0.2, 0.25) is 0 Å². The lowest BCUT2D eigenvalue weighted by Crippen LogP contribution is -2.38. The zero-order valence-electron chi connectivity index (χ0n) is 20.6. The number of amides is 2. The van der Waals surface area contributed by atoms with E-state index < -0.39 is 0 Å². The number of carbonyl (C=O) groups excluding carboxylic acids is 1. The molecule has 8 nitrogen and oxygen atoms in total. The van der Waals surface area contributed by atoms with E-state index in [0.717, 1.165) is 70.0 Å². The summed E-state index contributed by atoms with van der Waals surface area (Å²) in [5.41, 5.74) is 3.51. The molecular weight excluding hydrogens is 518 g/mol. The maximum Gasteiger partial charge on any atom is 0.321 e. The molecule has 0 radical (unpaired) electrons. The number of fused-ring (bicyclic) bond motifs is 1. The van der Waals surface area contributed by atoms with Gasteiger partial charge in [-0.25, -0.2) is 19.4 Å². The molecule has 0 saturated carbocycles. The summed E-state index contributed by atoms with van der Waals surface area (Å²) in [5.74, 6) is 1.74. The number of para-hydroxylation sites is 1. The molecule has 1 aliphatic heterocycles. The molecule has 0 spiro atoms. The van der Waals surface area contributed by atoms with Crippen LogP contribution in [0.25, 0.3) is 16.7 Å². The van der Waals surface area contributed by atoms with E-state index in [0.29, 0.717) is 19.6 Å². The molecule has 2 aromatic carbocycles. The number of halogens is 1. The van der Waals surface area contributed by atoms with Crippen LogP contribution < -0.4 is 10.2 Å². The van der Waals surface area contributed by atoms with Crippen LogP contribution >= 0.6 is 15.9 Å². The summed E-state index contributed by atoms with van der Waals surface area (Å²) >= 11 is 3.43. The Morgan fingerprint density at radius 1 is 1.00 bits per heavy atom. The second-order valence-corrected chi connectivity index (χ2v) is 9.93. The number of rotatable bonds is 5. The summed E-state index contributed by atoms with van der Waals surface area (Å²) in [6.45, 7) is 6.97. The minimum atomic E-state index is -0.0771. The van der Waals surface area contributed by atoms with Crippen LogP contribution in [0.3, 0.4) is 0 Å². The minimum Gasteiger partial charge on any atom is -0.354 e. The highest BCUT2D eigenvalue weighted by molar-refractivity contribution is 9.10. The van der Waals surface area contributed by atoms with Crippen LogP contribution in [-0.2, 0) is 6.42 Å². The topological polar surface area (TPSA) is 79.2 Å². The van der Waals surface area contributed by atoms with Gasteiger partial charge in [-0.2, -0.15) is 5.10 Å². The van der Waals surface area contributed by atoms with Crippen molar-refractivity contribution >= 4 is 44.5 Å². The highest BCUT2D eigenvalue weighted by Crippen LogP contribution is 2.30. The first-order valence-corrected chi connectivity index (χ1v) is 13.2. The first kappa shape index (κ1) is 24.2. The second kappa shape index (κ2) is 10.7. The number of aryl methyl sites for hydroxylation is 2. The highest BCUT2D eigenvalue weighted by Gasteiger charge is 2.25. The van der Waals surface area contributed by atoms with E-state index >= 15 is 0 Å². The third-order valence-electron chi connectivity index (χ3n) is 6.38. The third kappa shape index (κ3) is 5.06. The second-order valence-electron chi connectivity index (χ2n) is 9.01. The van der Waals surface area contributed by atoms with Crippen LogP contribution in [0.5, 0.6) is 0 Å². The summed E-state index contributed by atoms with van der Waals surface area (Å²) in [7, 11) is 0. The van der Waals surface area contributed by atoms with Crippen molar-refractivity contribution in [2.75, 3.05) is 36.4 Å². The highest BCUT2D eigenvalue weighted by atomic mass is 79.9. The van der Waals surface area contributed by atoms with Crippen molar-refractivity contribution in [3.05, 3.63) is 70.6 Å². The van der Waals surface area contributed by atoms with Gasteiger partial charge in [-0.3, -0.25) is 0 Å². The average Bonchev–Trinajstić information content (AvgIpc) is 3.05. The van der Waals surface area contributed by atoms with Gasteiger partial charge in [0.05, 0.1) is 16.8 Å². The monoisotopic (exact) mass is 547 g/mol. The summed E-state index contributed by atoms with van der Waals surface area (Å²) < 4.78 is 2.90. The van der Waals surface area contributed by atoms with Crippen molar-refractivity contribution in [1.82, 2.24) is 24.6 Å². The van der Waals surface area contributed by atoms with Gasteiger partial charge in [0.25, 0.3) is 0 Å². The molecule has 0 bridgehead atoms. The minimum absolute atomic E-state index is 0.0771. The third-order valence-corrected chi connectivity index (χ3v) is 6.91. The standard InChI is InChI=1S/C27H30BrN7O/c1-3-8-23-30-25(24-19(2)32-35(26(24)31-23)22-9-5-4-6-10-22)33-15-7-16-34(18-17-33)27(36)29-21-13-11-20(28)12-14-21/h4-6,9-14H,3,7-8,15-18H2,1-2H3,(H,29,36). The number of aromatic nitrogens is 4. The number of anilines is 2. The molecular formula is C27H30BrN7O. The molecule has 0 atom stereocenters. The Hall–Kier alpha value is -3.46. The summed E-state index contributed by atoms with van der Waals surface area (Å²) in [5, 5.41) is 8.84. The lowest BCUT2D eigenvalue weighted by Gasteiger charge is -2.24. The normalized spacial score (nSPS) is 14.2. The van der Waals surface area contributed by atoms with Gasteiger partial charge in [-0.15, -0.1) is 0 Å². The molecule has 9 heteroatoms. The molecule has 0 aliphatic carbocycles. The van der Waals surface area contributed by atoms with Gasteiger partial charge in [0.15, 0.2) is 5.65 Å². The fraction of sp³-hybridized carbons (Fsp3) is 0.333. The Balaban J connectivity index is 1.43. The van der Waals surface area contributed by atoms with Crippen LogP contribution in [0, 0.1) is 6.92 Å². The molecule has 186 valence electrons. The molecule has 1 saturated heterocycles. The smallest absolute Gasteiger partial charge is 0.321 e. The van der Waals surface area contributed by atoms with Gasteiger partial charge in [-0.1, -0.05) is 41.1 Å². The Morgan fingerprint density at radius 3 is 2.53 bits per heavy atom. The Kier molecular flexibility index (Phi) is 7.18. The SMILES string of the molecule is CCCc1nc(N2CCCN(C(=O)Nc3ccc(Br)cc3)CC2)c2c(C)nn(-c3ccccc3)c2n1. The predicted octanol–water partition coefficient (Wildman–Crippen LogP) is 5.58. The largest absolute Gasteiger partial charge is 0.354 e. The van der Waals surface area contributed by atoms with E-state index in [1.165, 1.54) is 0 Å². The van der Waals surface area contributed by atoms with Gasteiger partial charge in [-0.05, 0) is 56.2 Å². The average molecular weight is 548 g/mol. The van der Waals surface area contributed by atoms with E-state index in [4.69, 9.17) is 15.1 Å². The van der Waals surface area contributed by atoms with Crippen LogP contribution in [0.4, 0.5) is 16.3 Å². The van der Waals surface area contributed by atoms with E-state index in [2.05, 4.69) is 33.1 Å². The molecule has 5 rings (SSSR count). The van der Waals surface area contributed by atoms with Gasteiger partial charge in [0, 0.05) is 42.8 Å². The number of hydrogen-bond acceptors (Lipinski definition) is 5. The molecule has 4 aromatic rings. The van der Waals surface area contributed by atoms with Crippen molar-refractivity contribution in [2.24, 2.45) is 0 Å². The quantitative estimate of drug-likeness (QED) is 0.352. The summed E-state index contributed by atoms with van der Waals surface area (Å²) in [4.78, 5) is 27.1. The first-order chi connectivity index (χ1) is 17.5. The Labute approximate surface area is 219 Å². The van der Waals surface area contributed by atoms with Gasteiger partial charge < -0.3 is 15.1 Å². The summed E-state index contributed by atoms with van der Waals surface area (Å²) in [6, 6.07) is 17.7. The van der Waals surface area contributed by atoms with Crippen LogP contribution in [0.1, 0.15) is 31.3 Å². The number of urea groups is 1. The van der Waals surface area contributed by atoms with E-state index in [1.54, 1.807) is 0 Å². The molecule has 36 heavy (non-hydrogen) atoms. The van der Waals surface area contributed by atoms with Gasteiger partial charge in [0.1, 0.15) is 11.6 Å². The number of benzene rings is 2. The van der Waals surface area contributed by atoms with E-state index in [1.807, 2.05) is 71.1 Å². The Bertz CT molecular complexity index is 1350. The molecule has 1 fully saturated rings. The fourth-order valence-corrected chi connectivity index (χ4v) is 4.85. The number of carbonyl (C=O) groups is 1. The van der Waals surface area contributed by atoms with Crippen molar-refractivity contribution in [3.63, 3.8) is 0 Å². The maximum absolute atomic E-state index is 13.0. The van der Waals surface area contributed by atoms with Crippen molar-refractivity contribution in [2.45, 2.75) is 33.1 Å². The summed E-state index contributed by atoms with van der Waals surface area (Å²) in [6.07, 6.45) is 2.62. The lowest BCUT2D eigenvalue weighted by atomic mass is 10.2. The molecule has 3 heterocycles.